The van der Waals surface area contributed by atoms with E-state index in [2.05, 4.69) is 10.6 Å². The Kier molecular flexibility index (Phi) is 7.54. The summed E-state index contributed by atoms with van der Waals surface area (Å²) in [5.41, 5.74) is 7.10. The Bertz CT molecular complexity index is 1160. The molecule has 3 aromatic rings. The first-order chi connectivity index (χ1) is 15.8. The number of hydrogen-bond acceptors (Lipinski definition) is 5. The van der Waals surface area contributed by atoms with Gasteiger partial charge in [0.05, 0.1) is 22.9 Å². The average molecular weight is 445 g/mol. The molecule has 0 saturated heterocycles. The standard InChI is InChI=1S/C25H23N3O5/c1-16(17-7-3-2-4-8-17)27-24(31)20-9-5-6-10-21(20)28-22(29)15-33-25(32)19-13-11-18(12-14-19)23(26)30/h2-14,16H,15H2,1H3,(H2,26,30)(H,27,31)(H,28,29). The van der Waals surface area contributed by atoms with E-state index in [-0.39, 0.29) is 28.6 Å². The Labute approximate surface area is 190 Å². The molecule has 3 amide bonds. The molecule has 0 aliphatic heterocycles. The third-order valence-corrected chi connectivity index (χ3v) is 4.83. The van der Waals surface area contributed by atoms with Crippen molar-refractivity contribution in [1.29, 1.82) is 0 Å². The third-order valence-electron chi connectivity index (χ3n) is 4.83. The van der Waals surface area contributed by atoms with Crippen LogP contribution < -0.4 is 16.4 Å². The molecule has 0 saturated carbocycles. The molecular formula is C25H23N3O5. The minimum Gasteiger partial charge on any atom is -0.452 e. The van der Waals surface area contributed by atoms with E-state index in [4.69, 9.17) is 10.5 Å². The average Bonchev–Trinajstić information content (AvgIpc) is 2.83. The molecule has 33 heavy (non-hydrogen) atoms. The molecule has 0 fully saturated rings. The lowest BCUT2D eigenvalue weighted by Crippen LogP contribution is -2.28. The van der Waals surface area contributed by atoms with Crippen LogP contribution >= 0.6 is 0 Å². The van der Waals surface area contributed by atoms with E-state index in [1.54, 1.807) is 24.3 Å². The number of ether oxygens (including phenoxy) is 1. The van der Waals surface area contributed by atoms with E-state index in [9.17, 15) is 19.2 Å². The first kappa shape index (κ1) is 23.2. The van der Waals surface area contributed by atoms with Crippen LogP contribution in [0.3, 0.4) is 0 Å². The molecule has 3 aromatic carbocycles. The molecule has 1 atom stereocenters. The van der Waals surface area contributed by atoms with Gasteiger partial charge in [-0.05, 0) is 48.9 Å². The molecule has 1 unspecified atom stereocenters. The van der Waals surface area contributed by atoms with Crippen molar-refractivity contribution in [1.82, 2.24) is 5.32 Å². The fourth-order valence-corrected chi connectivity index (χ4v) is 3.06. The van der Waals surface area contributed by atoms with Gasteiger partial charge in [0.2, 0.25) is 5.91 Å². The Morgan fingerprint density at radius 2 is 1.45 bits per heavy atom. The maximum absolute atomic E-state index is 12.8. The number of primary amides is 1. The Morgan fingerprint density at radius 1 is 0.848 bits per heavy atom. The SMILES string of the molecule is CC(NC(=O)c1ccccc1NC(=O)COC(=O)c1ccc(C(N)=O)cc1)c1ccccc1. The van der Waals surface area contributed by atoms with Crippen LogP contribution in [0.2, 0.25) is 0 Å². The van der Waals surface area contributed by atoms with E-state index < -0.39 is 24.4 Å². The lowest BCUT2D eigenvalue weighted by atomic mass is 10.1. The number of esters is 1. The zero-order valence-electron chi connectivity index (χ0n) is 17.9. The van der Waals surface area contributed by atoms with Crippen molar-refractivity contribution in [3.05, 3.63) is 101 Å². The normalized spacial score (nSPS) is 11.2. The highest BCUT2D eigenvalue weighted by molar-refractivity contribution is 6.04. The zero-order valence-corrected chi connectivity index (χ0v) is 17.9. The first-order valence-corrected chi connectivity index (χ1v) is 10.2. The fourth-order valence-electron chi connectivity index (χ4n) is 3.06. The van der Waals surface area contributed by atoms with Crippen LogP contribution in [0.15, 0.2) is 78.9 Å². The second-order valence-corrected chi connectivity index (χ2v) is 7.22. The monoisotopic (exact) mass is 445 g/mol. The van der Waals surface area contributed by atoms with Crippen molar-refractivity contribution < 1.29 is 23.9 Å². The quantitative estimate of drug-likeness (QED) is 0.459. The van der Waals surface area contributed by atoms with E-state index in [1.807, 2.05) is 37.3 Å². The van der Waals surface area contributed by atoms with Gasteiger partial charge in [-0.2, -0.15) is 0 Å². The number of hydrogen-bond donors (Lipinski definition) is 3. The largest absolute Gasteiger partial charge is 0.452 e. The smallest absolute Gasteiger partial charge is 0.338 e. The summed E-state index contributed by atoms with van der Waals surface area (Å²) in [4.78, 5) is 48.3. The number of benzene rings is 3. The van der Waals surface area contributed by atoms with Crippen LogP contribution in [-0.4, -0.2) is 30.3 Å². The first-order valence-electron chi connectivity index (χ1n) is 10.2. The highest BCUT2D eigenvalue weighted by Gasteiger charge is 2.17. The van der Waals surface area contributed by atoms with E-state index in [1.165, 1.54) is 24.3 Å². The number of carbonyl (C=O) groups excluding carboxylic acids is 4. The van der Waals surface area contributed by atoms with Crippen LogP contribution in [0, 0.1) is 0 Å². The summed E-state index contributed by atoms with van der Waals surface area (Å²) >= 11 is 0. The molecule has 0 bridgehead atoms. The minimum absolute atomic E-state index is 0.169. The number of rotatable bonds is 8. The molecular weight excluding hydrogens is 422 g/mol. The molecule has 0 aliphatic rings. The van der Waals surface area contributed by atoms with Gasteiger partial charge >= 0.3 is 5.97 Å². The molecule has 0 aromatic heterocycles. The Morgan fingerprint density at radius 3 is 2.12 bits per heavy atom. The highest BCUT2D eigenvalue weighted by Crippen LogP contribution is 2.18. The van der Waals surface area contributed by atoms with Gasteiger partial charge in [0.15, 0.2) is 6.61 Å². The van der Waals surface area contributed by atoms with Crippen molar-refractivity contribution in [2.75, 3.05) is 11.9 Å². The minimum atomic E-state index is -0.733. The van der Waals surface area contributed by atoms with Crippen LogP contribution in [0.4, 0.5) is 5.69 Å². The Balaban J connectivity index is 1.59. The summed E-state index contributed by atoms with van der Waals surface area (Å²) in [5.74, 6) is -2.30. The van der Waals surface area contributed by atoms with Crippen molar-refractivity contribution in [2.24, 2.45) is 5.73 Å². The summed E-state index contributed by atoms with van der Waals surface area (Å²) in [6.07, 6.45) is 0. The Hall–Kier alpha value is -4.46. The van der Waals surface area contributed by atoms with Crippen molar-refractivity contribution in [3.8, 4) is 0 Å². The van der Waals surface area contributed by atoms with Crippen molar-refractivity contribution in [2.45, 2.75) is 13.0 Å². The number of para-hydroxylation sites is 1. The number of nitrogens with one attached hydrogen (secondary N) is 2. The van der Waals surface area contributed by atoms with Crippen LogP contribution in [0.25, 0.3) is 0 Å². The highest BCUT2D eigenvalue weighted by atomic mass is 16.5. The lowest BCUT2D eigenvalue weighted by molar-refractivity contribution is -0.119. The molecule has 8 nitrogen and oxygen atoms in total. The van der Waals surface area contributed by atoms with Gasteiger partial charge in [0.25, 0.3) is 11.8 Å². The molecule has 3 rings (SSSR count). The second kappa shape index (κ2) is 10.7. The van der Waals surface area contributed by atoms with Gasteiger partial charge in [0, 0.05) is 5.56 Å². The molecule has 0 radical (unpaired) electrons. The van der Waals surface area contributed by atoms with Gasteiger partial charge in [-0.15, -0.1) is 0 Å². The van der Waals surface area contributed by atoms with E-state index in [0.29, 0.717) is 5.69 Å². The maximum Gasteiger partial charge on any atom is 0.338 e. The molecule has 0 aliphatic carbocycles. The predicted octanol–water partition coefficient (Wildman–Crippen LogP) is 3.07. The van der Waals surface area contributed by atoms with Crippen molar-refractivity contribution in [3.63, 3.8) is 0 Å². The number of amides is 3. The van der Waals surface area contributed by atoms with Gasteiger partial charge in [-0.25, -0.2) is 4.79 Å². The summed E-state index contributed by atoms with van der Waals surface area (Å²) < 4.78 is 5.02. The molecule has 8 heteroatoms. The van der Waals surface area contributed by atoms with Gasteiger partial charge in [-0.3, -0.25) is 14.4 Å². The van der Waals surface area contributed by atoms with Gasteiger partial charge in [-0.1, -0.05) is 42.5 Å². The van der Waals surface area contributed by atoms with Crippen molar-refractivity contribution >= 4 is 29.4 Å². The van der Waals surface area contributed by atoms with E-state index >= 15 is 0 Å². The van der Waals surface area contributed by atoms with Gasteiger partial charge in [0.1, 0.15) is 0 Å². The van der Waals surface area contributed by atoms with Crippen LogP contribution in [0.1, 0.15) is 49.6 Å². The summed E-state index contributed by atoms with van der Waals surface area (Å²) in [6.45, 7) is 1.32. The molecule has 0 heterocycles. The fraction of sp³-hybridized carbons (Fsp3) is 0.120. The van der Waals surface area contributed by atoms with Gasteiger partial charge < -0.3 is 21.1 Å². The lowest BCUT2D eigenvalue weighted by Gasteiger charge is -2.16. The third kappa shape index (κ3) is 6.27. The summed E-state index contributed by atoms with van der Waals surface area (Å²) in [5, 5.41) is 5.50. The number of carbonyl (C=O) groups is 4. The maximum atomic E-state index is 12.8. The molecule has 168 valence electrons. The summed E-state index contributed by atoms with van der Waals surface area (Å²) in [7, 11) is 0. The van der Waals surface area contributed by atoms with Crippen LogP contribution in [-0.2, 0) is 9.53 Å². The molecule has 0 spiro atoms. The van der Waals surface area contributed by atoms with E-state index in [0.717, 1.165) is 5.56 Å². The number of nitrogens with two attached hydrogens (primary N) is 1. The second-order valence-electron chi connectivity index (χ2n) is 7.22. The number of anilines is 1. The summed E-state index contributed by atoms with van der Waals surface area (Å²) in [6, 6.07) is 21.4. The predicted molar refractivity (Wildman–Crippen MR) is 123 cm³/mol. The molecule has 4 N–H and O–H groups in total. The zero-order chi connectivity index (χ0) is 23.8. The topological polar surface area (TPSA) is 128 Å². The van der Waals surface area contributed by atoms with Crippen LogP contribution in [0.5, 0.6) is 0 Å².